The number of rotatable bonds is 7. The molecule has 0 unspecified atom stereocenters. The Balaban J connectivity index is 1.80. The number of nitrogens with zero attached hydrogens (tertiary/aromatic N) is 3. The van der Waals surface area contributed by atoms with Gasteiger partial charge >= 0.3 is 0 Å². The van der Waals surface area contributed by atoms with E-state index in [1.165, 1.54) is 10.7 Å². The predicted octanol–water partition coefficient (Wildman–Crippen LogP) is 2.24. The van der Waals surface area contributed by atoms with Gasteiger partial charge in [0, 0.05) is 13.2 Å². The molecule has 0 radical (unpaired) electrons. The van der Waals surface area contributed by atoms with Crippen molar-refractivity contribution in [2.75, 3.05) is 13.7 Å². The van der Waals surface area contributed by atoms with E-state index in [2.05, 4.69) is 10.1 Å². The van der Waals surface area contributed by atoms with Crippen molar-refractivity contribution in [2.45, 2.75) is 19.3 Å². The van der Waals surface area contributed by atoms with Crippen molar-refractivity contribution in [1.29, 1.82) is 0 Å². The fraction of sp³-hybridized carbons (Fsp3) is 0.400. The van der Waals surface area contributed by atoms with Crippen LogP contribution in [0.15, 0.2) is 29.3 Å². The van der Waals surface area contributed by atoms with Crippen LogP contribution in [0.25, 0.3) is 0 Å². The van der Waals surface area contributed by atoms with Crippen molar-refractivity contribution in [3.63, 3.8) is 0 Å². The Morgan fingerprint density at radius 3 is 2.91 bits per heavy atom. The van der Waals surface area contributed by atoms with Gasteiger partial charge < -0.3 is 9.47 Å². The first-order valence-electron chi connectivity index (χ1n) is 6.95. The molecule has 118 valence electrons. The number of halogens is 1. The SMILES string of the molecule is COc1cnccc1CCCCOc1cc(=O)n(C)nc1Cl. The minimum atomic E-state index is -0.249. The lowest BCUT2D eigenvalue weighted by molar-refractivity contribution is 0.303. The lowest BCUT2D eigenvalue weighted by atomic mass is 10.1. The van der Waals surface area contributed by atoms with Crippen LogP contribution < -0.4 is 15.0 Å². The smallest absolute Gasteiger partial charge is 0.270 e. The summed E-state index contributed by atoms with van der Waals surface area (Å²) in [5.74, 6) is 1.12. The van der Waals surface area contributed by atoms with Crippen LogP contribution in [0.5, 0.6) is 11.5 Å². The second kappa shape index (κ2) is 7.79. The van der Waals surface area contributed by atoms with E-state index in [0.29, 0.717) is 12.4 Å². The van der Waals surface area contributed by atoms with Crippen LogP contribution in [-0.4, -0.2) is 28.5 Å². The zero-order chi connectivity index (χ0) is 15.9. The van der Waals surface area contributed by atoms with Crippen molar-refractivity contribution >= 4 is 11.6 Å². The van der Waals surface area contributed by atoms with E-state index >= 15 is 0 Å². The molecule has 2 rings (SSSR count). The summed E-state index contributed by atoms with van der Waals surface area (Å²) in [5.41, 5.74) is 0.867. The Bertz CT molecular complexity index is 688. The first-order valence-corrected chi connectivity index (χ1v) is 7.33. The number of aryl methyl sites for hydroxylation is 2. The first-order chi connectivity index (χ1) is 10.6. The number of methoxy groups -OCH3 is 1. The van der Waals surface area contributed by atoms with Gasteiger partial charge in [-0.25, -0.2) is 4.68 Å². The Labute approximate surface area is 133 Å². The third-order valence-electron chi connectivity index (χ3n) is 3.20. The summed E-state index contributed by atoms with van der Waals surface area (Å²) in [4.78, 5) is 15.5. The molecule has 0 aliphatic rings. The lowest BCUT2D eigenvalue weighted by Gasteiger charge is -2.09. The molecule has 0 saturated heterocycles. The topological polar surface area (TPSA) is 66.2 Å². The normalized spacial score (nSPS) is 10.5. The Morgan fingerprint density at radius 2 is 2.14 bits per heavy atom. The number of aromatic nitrogens is 3. The molecule has 0 aromatic carbocycles. The van der Waals surface area contributed by atoms with Crippen LogP contribution in [0.1, 0.15) is 18.4 Å². The summed E-state index contributed by atoms with van der Waals surface area (Å²) in [7, 11) is 3.18. The fourth-order valence-corrected chi connectivity index (χ4v) is 2.22. The molecular weight excluding hydrogens is 306 g/mol. The summed E-state index contributed by atoms with van der Waals surface area (Å²) < 4.78 is 11.9. The Morgan fingerprint density at radius 1 is 1.32 bits per heavy atom. The zero-order valence-electron chi connectivity index (χ0n) is 12.6. The monoisotopic (exact) mass is 323 g/mol. The van der Waals surface area contributed by atoms with Gasteiger partial charge in [0.2, 0.25) is 0 Å². The van der Waals surface area contributed by atoms with E-state index in [1.807, 2.05) is 6.07 Å². The number of ether oxygens (including phenoxy) is 2. The molecule has 0 atom stereocenters. The van der Waals surface area contributed by atoms with Crippen molar-refractivity contribution < 1.29 is 9.47 Å². The molecule has 0 aliphatic carbocycles. The largest absolute Gasteiger partial charge is 0.495 e. The highest BCUT2D eigenvalue weighted by Gasteiger charge is 2.06. The van der Waals surface area contributed by atoms with Gasteiger partial charge in [-0.2, -0.15) is 5.10 Å². The molecule has 0 N–H and O–H groups in total. The average Bonchev–Trinajstić information content (AvgIpc) is 2.52. The minimum absolute atomic E-state index is 0.193. The molecule has 2 aromatic heterocycles. The highest BCUT2D eigenvalue weighted by molar-refractivity contribution is 6.30. The maximum atomic E-state index is 11.5. The molecule has 6 nitrogen and oxygen atoms in total. The standard InChI is InChI=1S/C15H18ClN3O3/c1-19-14(20)9-12(15(16)18-19)22-8-4-3-5-11-6-7-17-10-13(11)21-2/h6-7,9-10H,3-5,8H2,1-2H3. The lowest BCUT2D eigenvalue weighted by Crippen LogP contribution is -2.19. The van der Waals surface area contributed by atoms with Gasteiger partial charge in [0.25, 0.3) is 5.56 Å². The van der Waals surface area contributed by atoms with E-state index in [9.17, 15) is 4.79 Å². The molecule has 2 aromatic rings. The second-order valence-electron chi connectivity index (χ2n) is 4.75. The molecule has 2 heterocycles. The van der Waals surface area contributed by atoms with Crippen molar-refractivity contribution in [2.24, 2.45) is 7.05 Å². The number of hydrogen-bond acceptors (Lipinski definition) is 5. The van der Waals surface area contributed by atoms with Crippen LogP contribution in [0.2, 0.25) is 5.15 Å². The molecule has 0 amide bonds. The molecule has 0 saturated carbocycles. The van der Waals surface area contributed by atoms with Gasteiger partial charge in [-0.3, -0.25) is 9.78 Å². The highest BCUT2D eigenvalue weighted by Crippen LogP contribution is 2.20. The maximum Gasteiger partial charge on any atom is 0.270 e. The number of hydrogen-bond donors (Lipinski definition) is 0. The van der Waals surface area contributed by atoms with Crippen LogP contribution >= 0.6 is 11.6 Å². The predicted molar refractivity (Wildman–Crippen MR) is 83.7 cm³/mol. The Kier molecular flexibility index (Phi) is 5.77. The van der Waals surface area contributed by atoms with Crippen molar-refractivity contribution in [3.05, 3.63) is 45.6 Å². The van der Waals surface area contributed by atoms with Gasteiger partial charge in [0.15, 0.2) is 10.9 Å². The first kappa shape index (κ1) is 16.3. The van der Waals surface area contributed by atoms with E-state index in [-0.39, 0.29) is 10.7 Å². The molecule has 0 aliphatic heterocycles. The molecule has 0 spiro atoms. The maximum absolute atomic E-state index is 11.5. The van der Waals surface area contributed by atoms with Gasteiger partial charge in [0.1, 0.15) is 5.75 Å². The van der Waals surface area contributed by atoms with Crippen molar-refractivity contribution in [3.8, 4) is 11.5 Å². The van der Waals surface area contributed by atoms with Crippen LogP contribution in [0.4, 0.5) is 0 Å². The quantitative estimate of drug-likeness (QED) is 0.731. The third-order valence-corrected chi connectivity index (χ3v) is 3.46. The zero-order valence-corrected chi connectivity index (χ0v) is 13.3. The number of pyridine rings is 1. The summed E-state index contributed by atoms with van der Waals surface area (Å²) >= 11 is 5.93. The van der Waals surface area contributed by atoms with Crippen LogP contribution in [-0.2, 0) is 13.5 Å². The van der Waals surface area contributed by atoms with Crippen LogP contribution in [0.3, 0.4) is 0 Å². The van der Waals surface area contributed by atoms with E-state index in [4.69, 9.17) is 21.1 Å². The second-order valence-corrected chi connectivity index (χ2v) is 5.11. The summed E-state index contributed by atoms with van der Waals surface area (Å²) in [6, 6.07) is 3.29. The summed E-state index contributed by atoms with van der Waals surface area (Å²) in [5, 5.41) is 4.06. The van der Waals surface area contributed by atoms with Gasteiger partial charge in [-0.15, -0.1) is 0 Å². The third kappa shape index (κ3) is 4.21. The van der Waals surface area contributed by atoms with E-state index < -0.39 is 0 Å². The van der Waals surface area contributed by atoms with E-state index in [0.717, 1.165) is 30.6 Å². The molecular formula is C15H18ClN3O3. The summed E-state index contributed by atoms with van der Waals surface area (Å²) in [6.45, 7) is 0.474. The van der Waals surface area contributed by atoms with Crippen LogP contribution in [0, 0.1) is 0 Å². The molecule has 0 bridgehead atoms. The van der Waals surface area contributed by atoms with Gasteiger partial charge in [-0.05, 0) is 30.9 Å². The molecule has 0 fully saturated rings. The van der Waals surface area contributed by atoms with Gasteiger partial charge in [-0.1, -0.05) is 11.6 Å². The highest BCUT2D eigenvalue weighted by atomic mass is 35.5. The van der Waals surface area contributed by atoms with Crippen molar-refractivity contribution in [1.82, 2.24) is 14.8 Å². The molecule has 22 heavy (non-hydrogen) atoms. The van der Waals surface area contributed by atoms with E-state index in [1.54, 1.807) is 26.6 Å². The average molecular weight is 324 g/mol. The minimum Gasteiger partial charge on any atom is -0.495 e. The Hall–Kier alpha value is -2.08. The fourth-order valence-electron chi connectivity index (χ4n) is 2.00. The summed E-state index contributed by atoms with van der Waals surface area (Å²) in [6.07, 6.45) is 6.08. The molecule has 7 heteroatoms. The van der Waals surface area contributed by atoms with Gasteiger partial charge in [0.05, 0.1) is 26.0 Å². The number of unbranched alkanes of at least 4 members (excludes halogenated alkanes) is 1.